The molecule has 0 unspecified atom stereocenters. The maximum atomic E-state index is 12.5. The fraction of sp³-hybridized carbons (Fsp3) is 0.333. The van der Waals surface area contributed by atoms with Crippen molar-refractivity contribution in [2.24, 2.45) is 0 Å². The fourth-order valence-corrected chi connectivity index (χ4v) is 4.18. The van der Waals surface area contributed by atoms with Crippen LogP contribution in [0.15, 0.2) is 29.6 Å². The molecule has 0 saturated heterocycles. The molecule has 0 radical (unpaired) electrons. The summed E-state index contributed by atoms with van der Waals surface area (Å²) in [6.45, 7) is 1.76. The van der Waals surface area contributed by atoms with Crippen LogP contribution in [0.1, 0.15) is 30.1 Å². The van der Waals surface area contributed by atoms with Crippen molar-refractivity contribution in [3.05, 3.63) is 45.3 Å². The predicted molar refractivity (Wildman–Crippen MR) is 110 cm³/mol. The lowest BCUT2D eigenvalue weighted by molar-refractivity contribution is -0.384. The third-order valence-corrected chi connectivity index (χ3v) is 5.74. The van der Waals surface area contributed by atoms with E-state index in [2.05, 4.69) is 5.32 Å². The highest BCUT2D eigenvalue weighted by atomic mass is 32.2. The summed E-state index contributed by atoms with van der Waals surface area (Å²) >= 11 is 1.09. The molecule has 0 aliphatic rings. The quantitative estimate of drug-likeness (QED) is 0.359. The number of rotatable bonds is 9. The Labute approximate surface area is 171 Å². The van der Waals surface area contributed by atoms with Crippen molar-refractivity contribution in [1.29, 1.82) is 0 Å². The van der Waals surface area contributed by atoms with Crippen LogP contribution in [0.4, 0.5) is 10.7 Å². The topological polar surface area (TPSA) is 133 Å². The van der Waals surface area contributed by atoms with Crippen molar-refractivity contribution in [1.82, 2.24) is 0 Å². The third kappa shape index (κ3) is 6.36. The molecule has 1 N–H and O–H groups in total. The molecule has 1 heterocycles. The Morgan fingerprint density at radius 3 is 2.66 bits per heavy atom. The number of hydrogen-bond acceptors (Lipinski definition) is 8. The van der Waals surface area contributed by atoms with Crippen LogP contribution in [0.5, 0.6) is 0 Å². The van der Waals surface area contributed by atoms with Crippen molar-refractivity contribution >= 4 is 43.7 Å². The molecule has 1 amide bonds. The number of benzene rings is 1. The van der Waals surface area contributed by atoms with Gasteiger partial charge in [-0.25, -0.2) is 13.2 Å². The van der Waals surface area contributed by atoms with Crippen LogP contribution < -0.4 is 5.32 Å². The number of nitrogens with zero attached hydrogens (tertiary/aromatic N) is 1. The number of hydrogen-bond donors (Lipinski definition) is 1. The second kappa shape index (κ2) is 9.61. The van der Waals surface area contributed by atoms with E-state index in [1.807, 2.05) is 0 Å². The number of thiophene rings is 1. The maximum Gasteiger partial charge on any atom is 0.341 e. The molecule has 11 heteroatoms. The lowest BCUT2D eigenvalue weighted by Crippen LogP contribution is -2.15. The van der Waals surface area contributed by atoms with Crippen LogP contribution in [0, 0.1) is 10.1 Å². The first-order valence-corrected chi connectivity index (χ1v) is 11.6. The molecular weight excluding hydrogens is 420 g/mol. The Bertz CT molecular complexity index is 1030. The van der Waals surface area contributed by atoms with E-state index in [1.165, 1.54) is 18.2 Å². The normalized spacial score (nSPS) is 11.1. The minimum atomic E-state index is -3.17. The number of nitro benzene ring substituents is 1. The molecule has 29 heavy (non-hydrogen) atoms. The van der Waals surface area contributed by atoms with Gasteiger partial charge >= 0.3 is 5.97 Å². The first kappa shape index (κ1) is 22.5. The van der Waals surface area contributed by atoms with Crippen molar-refractivity contribution in [3.63, 3.8) is 0 Å². The van der Waals surface area contributed by atoms with Gasteiger partial charge in [-0.15, -0.1) is 11.3 Å². The Balaban J connectivity index is 2.32. The van der Waals surface area contributed by atoms with Gasteiger partial charge in [0.1, 0.15) is 20.4 Å². The summed E-state index contributed by atoms with van der Waals surface area (Å²) < 4.78 is 27.4. The molecule has 1 aromatic carbocycles. The fourth-order valence-electron chi connectivity index (χ4n) is 2.54. The summed E-state index contributed by atoms with van der Waals surface area (Å²) in [4.78, 5) is 35.2. The molecular formula is C18H20N2O7S2. The largest absolute Gasteiger partial charge is 0.462 e. The highest BCUT2D eigenvalue weighted by molar-refractivity contribution is 7.90. The molecule has 1 aromatic heterocycles. The zero-order chi connectivity index (χ0) is 21.6. The SMILES string of the molecule is CCOC(=O)c1c(-c2cccc([N+](=O)[O-])c2)csc1NC(=O)CCCS(C)(=O)=O. The zero-order valence-electron chi connectivity index (χ0n) is 15.8. The van der Waals surface area contributed by atoms with Gasteiger partial charge in [-0.1, -0.05) is 12.1 Å². The van der Waals surface area contributed by atoms with E-state index in [0.717, 1.165) is 17.6 Å². The van der Waals surface area contributed by atoms with Gasteiger partial charge in [-0.2, -0.15) is 0 Å². The Kier molecular flexibility index (Phi) is 7.46. The minimum Gasteiger partial charge on any atom is -0.462 e. The second-order valence-corrected chi connectivity index (χ2v) is 9.30. The number of sulfone groups is 1. The van der Waals surface area contributed by atoms with E-state index in [9.17, 15) is 28.1 Å². The molecule has 0 fully saturated rings. The monoisotopic (exact) mass is 440 g/mol. The number of esters is 1. The number of amides is 1. The van der Waals surface area contributed by atoms with Crippen LogP contribution in [0.2, 0.25) is 0 Å². The molecule has 0 atom stereocenters. The number of anilines is 1. The van der Waals surface area contributed by atoms with E-state index in [1.54, 1.807) is 18.4 Å². The Morgan fingerprint density at radius 1 is 1.31 bits per heavy atom. The number of carbonyl (C=O) groups excluding carboxylic acids is 2. The number of non-ortho nitro benzene ring substituents is 1. The Hall–Kier alpha value is -2.79. The lowest BCUT2D eigenvalue weighted by Gasteiger charge is -2.09. The third-order valence-electron chi connectivity index (χ3n) is 3.81. The van der Waals surface area contributed by atoms with Crippen molar-refractivity contribution in [3.8, 4) is 11.1 Å². The second-order valence-electron chi connectivity index (χ2n) is 6.16. The van der Waals surface area contributed by atoms with E-state index in [4.69, 9.17) is 4.74 Å². The molecule has 156 valence electrons. The van der Waals surface area contributed by atoms with Gasteiger partial charge in [0, 0.05) is 35.8 Å². The molecule has 0 aliphatic carbocycles. The van der Waals surface area contributed by atoms with Gasteiger partial charge < -0.3 is 10.1 Å². The van der Waals surface area contributed by atoms with Gasteiger partial charge in [0.05, 0.1) is 17.3 Å². The summed E-state index contributed by atoms with van der Waals surface area (Å²) in [5.74, 6) is -1.22. The van der Waals surface area contributed by atoms with E-state index in [0.29, 0.717) is 11.1 Å². The van der Waals surface area contributed by atoms with Crippen LogP contribution >= 0.6 is 11.3 Å². The molecule has 2 aromatic rings. The molecule has 0 aliphatic heterocycles. The number of ether oxygens (including phenoxy) is 1. The molecule has 0 spiro atoms. The summed E-state index contributed by atoms with van der Waals surface area (Å²) in [6.07, 6.45) is 1.22. The summed E-state index contributed by atoms with van der Waals surface area (Å²) in [7, 11) is -3.17. The van der Waals surface area contributed by atoms with E-state index in [-0.39, 0.29) is 41.5 Å². The molecule has 0 bridgehead atoms. The maximum absolute atomic E-state index is 12.5. The van der Waals surface area contributed by atoms with E-state index >= 15 is 0 Å². The van der Waals surface area contributed by atoms with Gasteiger partial charge in [-0.3, -0.25) is 14.9 Å². The Morgan fingerprint density at radius 2 is 2.03 bits per heavy atom. The standard InChI is InChI=1S/C18H20N2O7S2/c1-3-27-18(22)16-14(12-6-4-7-13(10-12)20(23)24)11-28-17(16)19-15(21)8-5-9-29(2,25)26/h4,6-7,10-11H,3,5,8-9H2,1-2H3,(H,19,21). The number of carbonyl (C=O) groups is 2. The first-order chi connectivity index (χ1) is 13.6. The molecule has 0 saturated carbocycles. The van der Waals surface area contributed by atoms with E-state index < -0.39 is 26.6 Å². The number of nitro groups is 1. The summed E-state index contributed by atoms with van der Waals surface area (Å²) in [5, 5.41) is 15.5. The molecule has 9 nitrogen and oxygen atoms in total. The highest BCUT2D eigenvalue weighted by Gasteiger charge is 2.23. The van der Waals surface area contributed by atoms with Crippen LogP contribution in [-0.2, 0) is 19.4 Å². The highest BCUT2D eigenvalue weighted by Crippen LogP contribution is 2.37. The number of nitrogens with one attached hydrogen (secondary N) is 1. The minimum absolute atomic E-state index is 0.0284. The van der Waals surface area contributed by atoms with Crippen molar-refractivity contribution in [2.45, 2.75) is 19.8 Å². The van der Waals surface area contributed by atoms with Crippen LogP contribution in [0.25, 0.3) is 11.1 Å². The van der Waals surface area contributed by atoms with Gasteiger partial charge in [0.25, 0.3) is 5.69 Å². The van der Waals surface area contributed by atoms with Gasteiger partial charge in [0.2, 0.25) is 5.91 Å². The first-order valence-electron chi connectivity index (χ1n) is 8.63. The summed E-state index contributed by atoms with van der Waals surface area (Å²) in [5.41, 5.74) is 0.823. The van der Waals surface area contributed by atoms with Crippen LogP contribution in [0.3, 0.4) is 0 Å². The van der Waals surface area contributed by atoms with Gasteiger partial charge in [0.15, 0.2) is 0 Å². The summed E-state index contributed by atoms with van der Waals surface area (Å²) in [6, 6.07) is 5.80. The van der Waals surface area contributed by atoms with Gasteiger partial charge in [-0.05, 0) is 18.9 Å². The van der Waals surface area contributed by atoms with Crippen molar-refractivity contribution in [2.75, 3.05) is 23.9 Å². The predicted octanol–water partition coefficient (Wildman–Crippen LogP) is 3.26. The van der Waals surface area contributed by atoms with Crippen LogP contribution in [-0.4, -0.2) is 43.8 Å². The smallest absolute Gasteiger partial charge is 0.341 e. The average molecular weight is 440 g/mol. The van der Waals surface area contributed by atoms with Crippen molar-refractivity contribution < 1.29 is 27.7 Å². The lowest BCUT2D eigenvalue weighted by atomic mass is 10.0. The zero-order valence-corrected chi connectivity index (χ0v) is 17.5. The average Bonchev–Trinajstić information content (AvgIpc) is 3.04. The molecule has 2 rings (SSSR count).